The van der Waals surface area contributed by atoms with Crippen LogP contribution in [-0.4, -0.2) is 24.8 Å². The van der Waals surface area contributed by atoms with Crippen LogP contribution in [0.3, 0.4) is 0 Å². The van der Waals surface area contributed by atoms with Crippen molar-refractivity contribution in [2.24, 2.45) is 11.8 Å². The maximum atomic E-state index is 9.12. The molecule has 0 aromatic rings. The summed E-state index contributed by atoms with van der Waals surface area (Å²) in [6.07, 6.45) is 10.8. The third-order valence-corrected chi connectivity index (χ3v) is 3.13. The number of nitrogens with one attached hydrogen (secondary N) is 1. The Labute approximate surface area is 87.1 Å². The van der Waals surface area contributed by atoms with Gasteiger partial charge in [-0.05, 0) is 44.2 Å². The van der Waals surface area contributed by atoms with Crippen molar-refractivity contribution in [1.29, 1.82) is 0 Å². The highest BCUT2D eigenvalue weighted by Gasteiger charge is 2.25. The molecule has 2 heteroatoms. The van der Waals surface area contributed by atoms with E-state index in [1.807, 2.05) is 0 Å². The third kappa shape index (κ3) is 3.69. The Bertz CT molecular complexity index is 185. The largest absolute Gasteiger partial charge is 0.396 e. The van der Waals surface area contributed by atoms with E-state index in [1.54, 1.807) is 0 Å². The number of terminal acetylenes is 1. The molecular weight excluding hydrogens is 174 g/mol. The lowest BCUT2D eigenvalue weighted by Crippen LogP contribution is -2.27. The van der Waals surface area contributed by atoms with Gasteiger partial charge in [-0.3, -0.25) is 0 Å². The summed E-state index contributed by atoms with van der Waals surface area (Å²) in [6.45, 7) is 2.42. The SMILES string of the molecule is C#CCCCNCC1CCCC1CO. The second-order valence-electron chi connectivity index (χ2n) is 4.15. The van der Waals surface area contributed by atoms with Crippen molar-refractivity contribution < 1.29 is 5.11 Å². The molecule has 1 aliphatic carbocycles. The molecule has 2 N–H and O–H groups in total. The first kappa shape index (κ1) is 11.6. The van der Waals surface area contributed by atoms with E-state index in [-0.39, 0.29) is 0 Å². The monoisotopic (exact) mass is 195 g/mol. The van der Waals surface area contributed by atoms with E-state index in [4.69, 9.17) is 11.5 Å². The molecule has 1 fully saturated rings. The molecular formula is C12H21NO. The van der Waals surface area contributed by atoms with Gasteiger partial charge in [-0.2, -0.15) is 0 Å². The van der Waals surface area contributed by atoms with Gasteiger partial charge in [-0.1, -0.05) is 6.42 Å². The topological polar surface area (TPSA) is 32.3 Å². The van der Waals surface area contributed by atoms with E-state index < -0.39 is 0 Å². The van der Waals surface area contributed by atoms with Crippen LogP contribution in [0.25, 0.3) is 0 Å². The number of hydrogen-bond acceptors (Lipinski definition) is 2. The summed E-state index contributed by atoms with van der Waals surface area (Å²) in [5, 5.41) is 12.5. The lowest BCUT2D eigenvalue weighted by Gasteiger charge is -2.17. The van der Waals surface area contributed by atoms with E-state index in [0.717, 1.165) is 25.9 Å². The first-order valence-corrected chi connectivity index (χ1v) is 5.63. The van der Waals surface area contributed by atoms with Crippen LogP contribution in [0.5, 0.6) is 0 Å². The van der Waals surface area contributed by atoms with Gasteiger partial charge >= 0.3 is 0 Å². The summed E-state index contributed by atoms with van der Waals surface area (Å²) in [6, 6.07) is 0. The normalized spacial score (nSPS) is 26.3. The van der Waals surface area contributed by atoms with Crippen LogP contribution in [0.2, 0.25) is 0 Å². The fourth-order valence-corrected chi connectivity index (χ4v) is 2.23. The van der Waals surface area contributed by atoms with Gasteiger partial charge in [0.25, 0.3) is 0 Å². The van der Waals surface area contributed by atoms with E-state index >= 15 is 0 Å². The van der Waals surface area contributed by atoms with Gasteiger partial charge in [0.15, 0.2) is 0 Å². The van der Waals surface area contributed by atoms with Crippen LogP contribution in [0.1, 0.15) is 32.1 Å². The molecule has 2 unspecified atom stereocenters. The van der Waals surface area contributed by atoms with Gasteiger partial charge in [-0.15, -0.1) is 12.3 Å². The Morgan fingerprint density at radius 1 is 1.36 bits per heavy atom. The molecule has 1 aliphatic rings. The van der Waals surface area contributed by atoms with Crippen LogP contribution < -0.4 is 5.32 Å². The molecule has 0 aromatic heterocycles. The quantitative estimate of drug-likeness (QED) is 0.496. The Morgan fingerprint density at radius 2 is 2.14 bits per heavy atom. The minimum Gasteiger partial charge on any atom is -0.396 e. The fourth-order valence-electron chi connectivity index (χ4n) is 2.23. The van der Waals surface area contributed by atoms with E-state index in [9.17, 15) is 0 Å². The smallest absolute Gasteiger partial charge is 0.0462 e. The molecule has 2 atom stereocenters. The summed E-state index contributed by atoms with van der Waals surface area (Å²) < 4.78 is 0. The lowest BCUT2D eigenvalue weighted by molar-refractivity contribution is 0.192. The molecule has 80 valence electrons. The summed E-state index contributed by atoms with van der Waals surface area (Å²) in [7, 11) is 0. The van der Waals surface area contributed by atoms with E-state index in [1.165, 1.54) is 19.3 Å². The number of unbranched alkanes of at least 4 members (excludes halogenated alkanes) is 1. The zero-order chi connectivity index (χ0) is 10.2. The minimum atomic E-state index is 0.358. The predicted molar refractivity (Wildman–Crippen MR) is 58.9 cm³/mol. The maximum Gasteiger partial charge on any atom is 0.0462 e. The first-order chi connectivity index (χ1) is 6.88. The maximum absolute atomic E-state index is 9.12. The molecule has 0 amide bonds. The Kier molecular flexibility index (Phi) is 5.66. The van der Waals surface area contributed by atoms with Crippen LogP contribution in [0, 0.1) is 24.2 Å². The lowest BCUT2D eigenvalue weighted by atomic mass is 9.97. The Hall–Kier alpha value is -0.520. The van der Waals surface area contributed by atoms with Crippen molar-refractivity contribution in [3.8, 4) is 12.3 Å². The zero-order valence-corrected chi connectivity index (χ0v) is 8.84. The number of aliphatic hydroxyl groups excluding tert-OH is 1. The van der Waals surface area contributed by atoms with Crippen molar-refractivity contribution in [2.45, 2.75) is 32.1 Å². The molecule has 0 aromatic carbocycles. The highest BCUT2D eigenvalue weighted by molar-refractivity contribution is 4.83. The predicted octanol–water partition coefficient (Wildman–Crippen LogP) is 1.40. The van der Waals surface area contributed by atoms with Crippen molar-refractivity contribution in [3.63, 3.8) is 0 Å². The Balaban J connectivity index is 2.03. The molecule has 14 heavy (non-hydrogen) atoms. The highest BCUT2D eigenvalue weighted by Crippen LogP contribution is 2.30. The van der Waals surface area contributed by atoms with Gasteiger partial charge in [0.05, 0.1) is 0 Å². The summed E-state index contributed by atoms with van der Waals surface area (Å²) >= 11 is 0. The van der Waals surface area contributed by atoms with Crippen molar-refractivity contribution in [3.05, 3.63) is 0 Å². The summed E-state index contributed by atoms with van der Waals surface area (Å²) in [5.74, 6) is 3.86. The number of rotatable bonds is 6. The highest BCUT2D eigenvalue weighted by atomic mass is 16.3. The molecule has 0 bridgehead atoms. The minimum absolute atomic E-state index is 0.358. The molecule has 0 radical (unpaired) electrons. The van der Waals surface area contributed by atoms with Gasteiger partial charge in [0.2, 0.25) is 0 Å². The Morgan fingerprint density at radius 3 is 2.86 bits per heavy atom. The fraction of sp³-hybridized carbons (Fsp3) is 0.833. The third-order valence-electron chi connectivity index (χ3n) is 3.13. The van der Waals surface area contributed by atoms with Crippen molar-refractivity contribution in [1.82, 2.24) is 5.32 Å². The molecule has 0 heterocycles. The van der Waals surface area contributed by atoms with E-state index in [0.29, 0.717) is 18.4 Å². The number of hydrogen-bond donors (Lipinski definition) is 2. The van der Waals surface area contributed by atoms with Crippen LogP contribution >= 0.6 is 0 Å². The molecule has 0 spiro atoms. The molecule has 0 saturated heterocycles. The standard InChI is InChI=1S/C12H21NO/c1-2-3-4-8-13-9-11-6-5-7-12(11)10-14/h1,11-14H,3-10H2. The average molecular weight is 195 g/mol. The molecule has 2 nitrogen and oxygen atoms in total. The number of aliphatic hydroxyl groups is 1. The van der Waals surface area contributed by atoms with Crippen molar-refractivity contribution >= 4 is 0 Å². The molecule has 0 aliphatic heterocycles. The zero-order valence-electron chi connectivity index (χ0n) is 8.84. The second-order valence-corrected chi connectivity index (χ2v) is 4.15. The van der Waals surface area contributed by atoms with Gasteiger partial charge in [-0.25, -0.2) is 0 Å². The first-order valence-electron chi connectivity index (χ1n) is 5.63. The van der Waals surface area contributed by atoms with Gasteiger partial charge < -0.3 is 10.4 Å². The molecule has 1 rings (SSSR count). The van der Waals surface area contributed by atoms with Crippen molar-refractivity contribution in [2.75, 3.05) is 19.7 Å². The average Bonchev–Trinajstić information content (AvgIpc) is 2.65. The second kappa shape index (κ2) is 6.86. The van der Waals surface area contributed by atoms with Crippen LogP contribution in [0.15, 0.2) is 0 Å². The van der Waals surface area contributed by atoms with Gasteiger partial charge in [0, 0.05) is 13.0 Å². The van der Waals surface area contributed by atoms with Crippen LogP contribution in [-0.2, 0) is 0 Å². The summed E-state index contributed by atoms with van der Waals surface area (Å²) in [4.78, 5) is 0. The summed E-state index contributed by atoms with van der Waals surface area (Å²) in [5.41, 5.74) is 0. The van der Waals surface area contributed by atoms with Crippen LogP contribution in [0.4, 0.5) is 0 Å². The molecule has 1 saturated carbocycles. The van der Waals surface area contributed by atoms with E-state index in [2.05, 4.69) is 11.2 Å². The van der Waals surface area contributed by atoms with Gasteiger partial charge in [0.1, 0.15) is 0 Å².